The Balaban J connectivity index is 2.68. The molecule has 1 aromatic carbocycles. The molecule has 4 heteroatoms. The van der Waals surface area contributed by atoms with E-state index in [-0.39, 0.29) is 12.1 Å². The molecule has 0 aliphatic carbocycles. The highest BCUT2D eigenvalue weighted by Gasteiger charge is 2.15. The van der Waals surface area contributed by atoms with Crippen molar-refractivity contribution in [1.82, 2.24) is 5.32 Å². The van der Waals surface area contributed by atoms with Crippen LogP contribution in [0.3, 0.4) is 0 Å². The molecule has 0 saturated heterocycles. The number of aliphatic hydroxyl groups excluding tert-OH is 1. The second kappa shape index (κ2) is 5.53. The predicted octanol–water partition coefficient (Wildman–Crippen LogP) is 2.21. The maximum Gasteiger partial charge on any atom is 0.120 e. The molecule has 0 aliphatic rings. The van der Waals surface area contributed by atoms with Crippen molar-refractivity contribution in [2.24, 2.45) is 0 Å². The minimum Gasteiger partial charge on any atom is -0.497 e. The summed E-state index contributed by atoms with van der Waals surface area (Å²) in [6, 6.07) is 5.57. The van der Waals surface area contributed by atoms with E-state index >= 15 is 0 Å². The van der Waals surface area contributed by atoms with Gasteiger partial charge in [0.05, 0.1) is 13.7 Å². The van der Waals surface area contributed by atoms with Crippen molar-refractivity contribution < 1.29 is 9.84 Å². The van der Waals surface area contributed by atoms with E-state index in [1.54, 1.807) is 13.2 Å². The maximum atomic E-state index is 9.11. The first-order chi connectivity index (χ1) is 7.48. The third kappa shape index (κ3) is 3.67. The predicted molar refractivity (Wildman–Crippen MR) is 66.0 cm³/mol. The standard InChI is InChI=1S/C12H18ClNO2/c1-12(2,8-15)14-7-9-4-5-10(16-3)6-11(9)13/h4-6,14-15H,7-8H2,1-3H3. The van der Waals surface area contributed by atoms with E-state index in [9.17, 15) is 0 Å². The quantitative estimate of drug-likeness (QED) is 0.833. The highest BCUT2D eigenvalue weighted by atomic mass is 35.5. The lowest BCUT2D eigenvalue weighted by Gasteiger charge is -2.23. The first kappa shape index (κ1) is 13.3. The Morgan fingerprint density at radius 3 is 2.62 bits per heavy atom. The Labute approximate surface area is 101 Å². The van der Waals surface area contributed by atoms with Gasteiger partial charge in [0, 0.05) is 17.1 Å². The van der Waals surface area contributed by atoms with E-state index in [0.717, 1.165) is 11.3 Å². The first-order valence-corrected chi connectivity index (χ1v) is 5.54. The lowest BCUT2D eigenvalue weighted by Crippen LogP contribution is -2.42. The minimum absolute atomic E-state index is 0.0841. The van der Waals surface area contributed by atoms with Crippen LogP contribution in [0.2, 0.25) is 5.02 Å². The number of aliphatic hydroxyl groups is 1. The summed E-state index contributed by atoms with van der Waals surface area (Å²) >= 11 is 6.10. The molecule has 2 N–H and O–H groups in total. The number of halogens is 1. The molecular formula is C12H18ClNO2. The van der Waals surface area contributed by atoms with Gasteiger partial charge in [-0.1, -0.05) is 17.7 Å². The lowest BCUT2D eigenvalue weighted by atomic mass is 10.1. The molecule has 1 aromatic rings. The Morgan fingerprint density at radius 2 is 2.12 bits per heavy atom. The number of hydrogen-bond acceptors (Lipinski definition) is 3. The molecule has 0 saturated carbocycles. The van der Waals surface area contributed by atoms with E-state index in [0.29, 0.717) is 11.6 Å². The fourth-order valence-electron chi connectivity index (χ4n) is 1.19. The van der Waals surface area contributed by atoms with Crippen molar-refractivity contribution in [3.63, 3.8) is 0 Å². The highest BCUT2D eigenvalue weighted by molar-refractivity contribution is 6.31. The average molecular weight is 244 g/mol. The maximum absolute atomic E-state index is 9.11. The molecule has 0 unspecified atom stereocenters. The van der Waals surface area contributed by atoms with E-state index in [4.69, 9.17) is 21.4 Å². The average Bonchev–Trinajstić information content (AvgIpc) is 2.27. The fourth-order valence-corrected chi connectivity index (χ4v) is 1.43. The van der Waals surface area contributed by atoms with Crippen LogP contribution in [0.15, 0.2) is 18.2 Å². The Kier molecular flexibility index (Phi) is 4.59. The van der Waals surface area contributed by atoms with Crippen LogP contribution in [-0.2, 0) is 6.54 Å². The zero-order chi connectivity index (χ0) is 12.2. The number of ether oxygens (including phenoxy) is 1. The zero-order valence-corrected chi connectivity index (χ0v) is 10.6. The molecule has 0 aromatic heterocycles. The minimum atomic E-state index is -0.302. The van der Waals surface area contributed by atoms with Crippen LogP contribution in [0, 0.1) is 0 Å². The summed E-state index contributed by atoms with van der Waals surface area (Å²) in [6.45, 7) is 4.58. The number of methoxy groups -OCH3 is 1. The largest absolute Gasteiger partial charge is 0.497 e. The summed E-state index contributed by atoms with van der Waals surface area (Å²) in [5.41, 5.74) is 0.687. The topological polar surface area (TPSA) is 41.5 Å². The zero-order valence-electron chi connectivity index (χ0n) is 9.88. The molecule has 0 heterocycles. The number of rotatable bonds is 5. The van der Waals surface area contributed by atoms with Crippen molar-refractivity contribution in [2.75, 3.05) is 13.7 Å². The third-order valence-electron chi connectivity index (χ3n) is 2.41. The van der Waals surface area contributed by atoms with Gasteiger partial charge in [-0.05, 0) is 31.5 Å². The van der Waals surface area contributed by atoms with Crippen molar-refractivity contribution in [2.45, 2.75) is 25.9 Å². The van der Waals surface area contributed by atoms with Crippen LogP contribution in [-0.4, -0.2) is 24.4 Å². The summed E-state index contributed by atoms with van der Waals surface area (Å²) in [6.07, 6.45) is 0. The van der Waals surface area contributed by atoms with Gasteiger partial charge in [0.25, 0.3) is 0 Å². The smallest absolute Gasteiger partial charge is 0.120 e. The van der Waals surface area contributed by atoms with Gasteiger partial charge in [-0.3, -0.25) is 0 Å². The summed E-state index contributed by atoms with van der Waals surface area (Å²) in [4.78, 5) is 0. The van der Waals surface area contributed by atoms with E-state index in [1.807, 2.05) is 26.0 Å². The summed E-state index contributed by atoms with van der Waals surface area (Å²) in [7, 11) is 1.61. The number of hydrogen-bond donors (Lipinski definition) is 2. The first-order valence-electron chi connectivity index (χ1n) is 5.17. The Bertz CT molecular complexity index is 353. The SMILES string of the molecule is COc1ccc(CNC(C)(C)CO)c(Cl)c1. The molecule has 0 fully saturated rings. The van der Waals surface area contributed by atoms with Crippen LogP contribution < -0.4 is 10.1 Å². The molecule has 0 bridgehead atoms. The summed E-state index contributed by atoms with van der Waals surface area (Å²) in [5, 5.41) is 13.0. The van der Waals surface area contributed by atoms with E-state index in [2.05, 4.69) is 5.32 Å². The number of nitrogens with one attached hydrogen (secondary N) is 1. The van der Waals surface area contributed by atoms with Crippen LogP contribution in [0.1, 0.15) is 19.4 Å². The van der Waals surface area contributed by atoms with Gasteiger partial charge in [0.2, 0.25) is 0 Å². The van der Waals surface area contributed by atoms with Crippen LogP contribution >= 0.6 is 11.6 Å². The van der Waals surface area contributed by atoms with Crippen molar-refractivity contribution in [1.29, 1.82) is 0 Å². The Hall–Kier alpha value is -0.770. The fraction of sp³-hybridized carbons (Fsp3) is 0.500. The van der Waals surface area contributed by atoms with Gasteiger partial charge in [0.15, 0.2) is 0 Å². The number of benzene rings is 1. The van der Waals surface area contributed by atoms with E-state index < -0.39 is 0 Å². The van der Waals surface area contributed by atoms with Crippen molar-refractivity contribution in [3.05, 3.63) is 28.8 Å². The molecular weight excluding hydrogens is 226 g/mol. The monoisotopic (exact) mass is 243 g/mol. The van der Waals surface area contributed by atoms with Gasteiger partial charge < -0.3 is 15.2 Å². The Morgan fingerprint density at radius 1 is 1.44 bits per heavy atom. The molecule has 16 heavy (non-hydrogen) atoms. The molecule has 0 amide bonds. The van der Waals surface area contributed by atoms with E-state index in [1.165, 1.54) is 0 Å². The van der Waals surface area contributed by atoms with Gasteiger partial charge in [-0.25, -0.2) is 0 Å². The third-order valence-corrected chi connectivity index (χ3v) is 2.76. The van der Waals surface area contributed by atoms with Crippen LogP contribution in [0.5, 0.6) is 5.75 Å². The molecule has 90 valence electrons. The van der Waals surface area contributed by atoms with Crippen molar-refractivity contribution in [3.8, 4) is 5.75 Å². The molecule has 1 rings (SSSR count). The normalized spacial score (nSPS) is 11.6. The second-order valence-corrected chi connectivity index (χ2v) is 4.76. The molecule has 0 radical (unpaired) electrons. The van der Waals surface area contributed by atoms with Gasteiger partial charge in [0.1, 0.15) is 5.75 Å². The summed E-state index contributed by atoms with van der Waals surface area (Å²) in [5.74, 6) is 0.746. The molecule has 0 atom stereocenters. The molecule has 0 spiro atoms. The van der Waals surface area contributed by atoms with Crippen molar-refractivity contribution >= 4 is 11.6 Å². The lowest BCUT2D eigenvalue weighted by molar-refractivity contribution is 0.187. The van der Waals surface area contributed by atoms with Gasteiger partial charge in [-0.2, -0.15) is 0 Å². The molecule has 3 nitrogen and oxygen atoms in total. The van der Waals surface area contributed by atoms with Crippen LogP contribution in [0.25, 0.3) is 0 Å². The molecule has 0 aliphatic heterocycles. The second-order valence-electron chi connectivity index (χ2n) is 4.35. The summed E-state index contributed by atoms with van der Waals surface area (Å²) < 4.78 is 5.07. The van der Waals surface area contributed by atoms with Gasteiger partial charge in [-0.15, -0.1) is 0 Å². The van der Waals surface area contributed by atoms with Crippen LogP contribution in [0.4, 0.5) is 0 Å². The highest BCUT2D eigenvalue weighted by Crippen LogP contribution is 2.22. The van der Waals surface area contributed by atoms with Gasteiger partial charge >= 0.3 is 0 Å².